The van der Waals surface area contributed by atoms with Crippen LogP contribution in [0.25, 0.3) is 0 Å². The molecule has 1 aliphatic heterocycles. The van der Waals surface area contributed by atoms with Gasteiger partial charge in [0.1, 0.15) is 10.8 Å². The molecule has 5 aliphatic carbocycles. The Bertz CT molecular complexity index is 981. The van der Waals surface area contributed by atoms with Crippen LogP contribution in [0.1, 0.15) is 81.0 Å². The fourth-order valence-electron chi connectivity index (χ4n) is 7.93. The van der Waals surface area contributed by atoms with Gasteiger partial charge in [-0.3, -0.25) is 9.59 Å². The van der Waals surface area contributed by atoms with Gasteiger partial charge in [0.05, 0.1) is 11.2 Å². The summed E-state index contributed by atoms with van der Waals surface area (Å²) in [6.07, 6.45) is 10.7. The SMILES string of the molecule is O=C(O)C[C@H]1CCN(c2ccc(C(=O)N[C@H]3C4CC5CC3C[C@@](O)(C5)C4)c(SC3CCCC3)n2)C1. The molecule has 1 aromatic rings. The second-order valence-corrected chi connectivity index (χ2v) is 13.2. The lowest BCUT2D eigenvalue weighted by Crippen LogP contribution is -2.61. The lowest BCUT2D eigenvalue weighted by molar-refractivity contribution is -0.138. The maximum Gasteiger partial charge on any atom is 0.303 e. The Morgan fingerprint density at radius 3 is 2.54 bits per heavy atom. The normalized spacial score (nSPS) is 36.1. The van der Waals surface area contributed by atoms with Crippen LogP contribution in [0.4, 0.5) is 5.82 Å². The average molecular weight is 500 g/mol. The molecule has 190 valence electrons. The monoisotopic (exact) mass is 499 g/mol. The van der Waals surface area contributed by atoms with Crippen molar-refractivity contribution in [2.45, 2.75) is 92.5 Å². The van der Waals surface area contributed by atoms with E-state index in [1.165, 1.54) is 12.8 Å². The van der Waals surface area contributed by atoms with Crippen LogP contribution in [-0.4, -0.2) is 57.1 Å². The van der Waals surface area contributed by atoms with E-state index in [1.807, 2.05) is 12.1 Å². The van der Waals surface area contributed by atoms with Gasteiger partial charge >= 0.3 is 5.97 Å². The van der Waals surface area contributed by atoms with Crippen molar-refractivity contribution in [2.24, 2.45) is 23.7 Å². The van der Waals surface area contributed by atoms with Crippen LogP contribution in [0.5, 0.6) is 0 Å². The number of aliphatic hydroxyl groups is 1. The summed E-state index contributed by atoms with van der Waals surface area (Å²) >= 11 is 1.75. The molecule has 8 heteroatoms. The largest absolute Gasteiger partial charge is 0.481 e. The lowest BCUT2D eigenvalue weighted by Gasteiger charge is -2.58. The van der Waals surface area contributed by atoms with Crippen molar-refractivity contribution in [3.05, 3.63) is 17.7 Å². The van der Waals surface area contributed by atoms with Gasteiger partial charge in [0.2, 0.25) is 0 Å². The van der Waals surface area contributed by atoms with Crippen LogP contribution in [0, 0.1) is 23.7 Å². The van der Waals surface area contributed by atoms with Gasteiger partial charge in [0.25, 0.3) is 5.91 Å². The predicted molar refractivity (Wildman–Crippen MR) is 135 cm³/mol. The molecule has 35 heavy (non-hydrogen) atoms. The predicted octanol–water partition coefficient (Wildman–Crippen LogP) is 4.09. The Labute approximate surface area is 211 Å². The molecule has 2 heterocycles. The molecule has 2 unspecified atom stereocenters. The van der Waals surface area contributed by atoms with Gasteiger partial charge in [-0.2, -0.15) is 0 Å². The number of carboxylic acids is 1. The zero-order chi connectivity index (χ0) is 24.2. The van der Waals surface area contributed by atoms with Gasteiger partial charge in [-0.1, -0.05) is 12.8 Å². The molecule has 3 atom stereocenters. The highest BCUT2D eigenvalue weighted by atomic mass is 32.2. The third-order valence-electron chi connectivity index (χ3n) is 9.28. The molecule has 6 aliphatic rings. The van der Waals surface area contributed by atoms with Crippen LogP contribution in [0.3, 0.4) is 0 Å². The zero-order valence-corrected chi connectivity index (χ0v) is 21.1. The number of aliphatic carboxylic acids is 1. The number of rotatable bonds is 7. The van der Waals surface area contributed by atoms with Gasteiger partial charge in [-0.15, -0.1) is 11.8 Å². The number of nitrogens with zero attached hydrogens (tertiary/aromatic N) is 2. The summed E-state index contributed by atoms with van der Waals surface area (Å²) in [5.41, 5.74) is 0.165. The lowest BCUT2D eigenvalue weighted by atomic mass is 9.52. The number of amides is 1. The summed E-state index contributed by atoms with van der Waals surface area (Å²) in [6.45, 7) is 1.51. The number of pyridine rings is 1. The van der Waals surface area contributed by atoms with Gasteiger partial charge in [0, 0.05) is 30.8 Å². The Balaban J connectivity index is 1.21. The van der Waals surface area contributed by atoms with Gasteiger partial charge in [0.15, 0.2) is 0 Å². The van der Waals surface area contributed by atoms with E-state index in [-0.39, 0.29) is 24.3 Å². The van der Waals surface area contributed by atoms with Crippen molar-refractivity contribution in [1.82, 2.24) is 10.3 Å². The minimum Gasteiger partial charge on any atom is -0.481 e. The number of aromatic nitrogens is 1. The molecule has 1 aromatic heterocycles. The molecule has 0 spiro atoms. The zero-order valence-electron chi connectivity index (χ0n) is 20.3. The topological polar surface area (TPSA) is 103 Å². The van der Waals surface area contributed by atoms with E-state index in [9.17, 15) is 14.7 Å². The van der Waals surface area contributed by atoms with Crippen LogP contribution < -0.4 is 10.2 Å². The molecule has 7 nitrogen and oxygen atoms in total. The van der Waals surface area contributed by atoms with E-state index in [2.05, 4.69) is 10.2 Å². The number of hydrogen-bond acceptors (Lipinski definition) is 6. The first kappa shape index (κ1) is 23.6. The van der Waals surface area contributed by atoms with E-state index < -0.39 is 11.6 Å². The van der Waals surface area contributed by atoms with E-state index in [0.29, 0.717) is 35.1 Å². The minimum absolute atomic E-state index is 0.0285. The average Bonchev–Trinajstić information content (AvgIpc) is 3.47. The number of thioether (sulfide) groups is 1. The minimum atomic E-state index is -0.744. The summed E-state index contributed by atoms with van der Waals surface area (Å²) in [6, 6.07) is 4.03. The van der Waals surface area contributed by atoms with E-state index in [0.717, 1.165) is 68.8 Å². The third-order valence-corrected chi connectivity index (χ3v) is 10.6. The first-order valence-electron chi connectivity index (χ1n) is 13.5. The summed E-state index contributed by atoms with van der Waals surface area (Å²) in [5.74, 6) is 1.60. The Hall–Kier alpha value is -1.80. The standard InChI is InChI=1S/C27H37N3O4S/c31-23(32)11-16-7-8-30(15-16)22-6-5-21(26(28-22)35-20-3-1-2-4-20)25(33)29-24-18-9-17-10-19(24)14-27(34,12-17)13-18/h5-6,16-20,24,34H,1-4,7-15H2,(H,29,33)(H,31,32)/t16-,17?,18?,19?,24-,27+/m1/s1. The summed E-state index contributed by atoms with van der Waals surface area (Å²) < 4.78 is 0. The van der Waals surface area contributed by atoms with E-state index in [4.69, 9.17) is 10.1 Å². The summed E-state index contributed by atoms with van der Waals surface area (Å²) in [4.78, 5) is 31.9. The van der Waals surface area contributed by atoms with Crippen molar-refractivity contribution in [1.29, 1.82) is 0 Å². The number of hydrogen-bond donors (Lipinski definition) is 3. The van der Waals surface area contributed by atoms with Crippen LogP contribution >= 0.6 is 11.8 Å². The quantitative estimate of drug-likeness (QED) is 0.519. The summed E-state index contributed by atoms with van der Waals surface area (Å²) in [7, 11) is 0. The highest BCUT2D eigenvalue weighted by molar-refractivity contribution is 7.99. The number of nitrogens with one attached hydrogen (secondary N) is 1. The van der Waals surface area contributed by atoms with Crippen molar-refractivity contribution >= 4 is 29.5 Å². The van der Waals surface area contributed by atoms with Gasteiger partial charge < -0.3 is 20.4 Å². The number of carbonyl (C=O) groups excluding carboxylic acids is 1. The molecule has 4 bridgehead atoms. The van der Waals surface area contributed by atoms with Crippen molar-refractivity contribution < 1.29 is 19.8 Å². The Morgan fingerprint density at radius 2 is 1.86 bits per heavy atom. The van der Waals surface area contributed by atoms with Crippen LogP contribution in [-0.2, 0) is 4.79 Å². The number of carbonyl (C=O) groups is 2. The number of carboxylic acid groups (broad SMARTS) is 1. The van der Waals surface area contributed by atoms with Gasteiger partial charge in [-0.25, -0.2) is 4.98 Å². The Morgan fingerprint density at radius 1 is 1.11 bits per heavy atom. The molecule has 7 rings (SSSR count). The highest BCUT2D eigenvalue weighted by Crippen LogP contribution is 2.55. The molecule has 1 amide bonds. The molecular formula is C27H37N3O4S. The van der Waals surface area contributed by atoms with Crippen LogP contribution in [0.15, 0.2) is 17.2 Å². The van der Waals surface area contributed by atoms with Crippen molar-refractivity contribution in [2.75, 3.05) is 18.0 Å². The highest BCUT2D eigenvalue weighted by Gasteiger charge is 2.55. The molecule has 3 N–H and O–H groups in total. The smallest absolute Gasteiger partial charge is 0.303 e. The second kappa shape index (κ2) is 9.25. The number of anilines is 1. The van der Waals surface area contributed by atoms with Crippen molar-refractivity contribution in [3.8, 4) is 0 Å². The fraction of sp³-hybridized carbons (Fsp3) is 0.741. The maximum absolute atomic E-state index is 13.6. The second-order valence-electron chi connectivity index (χ2n) is 11.9. The fourth-order valence-corrected chi connectivity index (χ4v) is 9.25. The maximum atomic E-state index is 13.6. The molecule has 5 saturated carbocycles. The molecule has 0 aromatic carbocycles. The third kappa shape index (κ3) is 4.80. The van der Waals surface area contributed by atoms with Gasteiger partial charge in [-0.05, 0) is 87.2 Å². The van der Waals surface area contributed by atoms with E-state index >= 15 is 0 Å². The van der Waals surface area contributed by atoms with E-state index in [1.54, 1.807) is 11.8 Å². The van der Waals surface area contributed by atoms with Crippen LogP contribution in [0.2, 0.25) is 0 Å². The molecule has 1 saturated heterocycles. The first-order chi connectivity index (χ1) is 16.8. The molecule has 0 radical (unpaired) electrons. The molecular weight excluding hydrogens is 462 g/mol. The van der Waals surface area contributed by atoms with Crippen molar-refractivity contribution in [3.63, 3.8) is 0 Å². The molecule has 6 fully saturated rings. The Kier molecular flexibility index (Phi) is 6.24. The first-order valence-corrected chi connectivity index (χ1v) is 14.4. The summed E-state index contributed by atoms with van der Waals surface area (Å²) in [5, 5.41) is 24.8.